The van der Waals surface area contributed by atoms with E-state index in [2.05, 4.69) is 25.3 Å². The molecule has 2 aromatic rings. The molecule has 1 aliphatic carbocycles. The molecule has 0 atom stereocenters. The first-order valence-corrected chi connectivity index (χ1v) is 9.54. The average Bonchev–Trinajstić information content (AvgIpc) is 3.35. The zero-order valence-corrected chi connectivity index (χ0v) is 14.9. The van der Waals surface area contributed by atoms with Crippen molar-refractivity contribution in [3.8, 4) is 11.5 Å². The minimum absolute atomic E-state index is 0.158. The molecule has 0 spiro atoms. The quantitative estimate of drug-likeness (QED) is 0.886. The molecule has 1 saturated carbocycles. The highest BCUT2D eigenvalue weighted by Crippen LogP contribution is 2.28. The molecule has 2 fully saturated rings. The van der Waals surface area contributed by atoms with Crippen LogP contribution in [0.5, 0.6) is 0 Å². The van der Waals surface area contributed by atoms with Crippen molar-refractivity contribution >= 4 is 5.91 Å². The summed E-state index contributed by atoms with van der Waals surface area (Å²) in [5.74, 6) is 1.64. The largest absolute Gasteiger partial charge is 0.352 e. The second-order valence-electron chi connectivity index (χ2n) is 7.27. The number of pyridine rings is 1. The van der Waals surface area contributed by atoms with Crippen LogP contribution in [0.3, 0.4) is 0 Å². The Labute approximate surface area is 153 Å². The lowest BCUT2D eigenvalue weighted by Gasteiger charge is -2.30. The van der Waals surface area contributed by atoms with E-state index in [-0.39, 0.29) is 11.8 Å². The molecule has 3 heterocycles. The van der Waals surface area contributed by atoms with Gasteiger partial charge in [-0.05, 0) is 50.9 Å². The molecule has 2 aromatic heterocycles. The van der Waals surface area contributed by atoms with E-state index in [1.54, 1.807) is 6.20 Å². The van der Waals surface area contributed by atoms with Gasteiger partial charge in [-0.1, -0.05) is 24.1 Å². The molecule has 138 valence electrons. The SMILES string of the molecule is O=C(CN1CCC(c2nc(-c3ccccn3)no2)CC1)NC1CCCC1. The Morgan fingerprint density at radius 2 is 2.00 bits per heavy atom. The van der Waals surface area contributed by atoms with Crippen molar-refractivity contribution in [1.29, 1.82) is 0 Å². The summed E-state index contributed by atoms with van der Waals surface area (Å²) in [6, 6.07) is 6.04. The third-order valence-electron chi connectivity index (χ3n) is 5.36. The predicted octanol–water partition coefficient (Wildman–Crippen LogP) is 2.37. The summed E-state index contributed by atoms with van der Waals surface area (Å²) < 4.78 is 5.46. The number of amides is 1. The molecule has 7 heteroatoms. The van der Waals surface area contributed by atoms with Crippen molar-refractivity contribution in [2.24, 2.45) is 0 Å². The molecule has 26 heavy (non-hydrogen) atoms. The Hall–Kier alpha value is -2.28. The van der Waals surface area contributed by atoms with Gasteiger partial charge in [-0.25, -0.2) is 0 Å². The fourth-order valence-corrected chi connectivity index (χ4v) is 3.88. The van der Waals surface area contributed by atoms with Gasteiger partial charge < -0.3 is 9.84 Å². The van der Waals surface area contributed by atoms with Gasteiger partial charge in [0.2, 0.25) is 17.6 Å². The van der Waals surface area contributed by atoms with E-state index in [1.807, 2.05) is 18.2 Å². The van der Waals surface area contributed by atoms with E-state index in [0.29, 0.717) is 24.3 Å². The van der Waals surface area contributed by atoms with Crippen LogP contribution in [0.4, 0.5) is 0 Å². The zero-order chi connectivity index (χ0) is 17.8. The standard InChI is InChI=1S/C19H25N5O2/c25-17(21-15-5-1-2-6-15)13-24-11-8-14(9-12-24)19-22-18(23-26-19)16-7-3-4-10-20-16/h3-4,7,10,14-15H,1-2,5-6,8-9,11-13H2,(H,21,25). The van der Waals surface area contributed by atoms with Crippen LogP contribution in [0.25, 0.3) is 11.5 Å². The van der Waals surface area contributed by atoms with Crippen molar-refractivity contribution < 1.29 is 9.32 Å². The number of nitrogens with zero attached hydrogens (tertiary/aromatic N) is 4. The third-order valence-corrected chi connectivity index (χ3v) is 5.36. The Morgan fingerprint density at radius 1 is 1.19 bits per heavy atom. The normalized spacial score (nSPS) is 19.7. The third kappa shape index (κ3) is 4.09. The minimum Gasteiger partial charge on any atom is -0.352 e. The molecular formula is C19H25N5O2. The van der Waals surface area contributed by atoms with Crippen LogP contribution in [0, 0.1) is 0 Å². The van der Waals surface area contributed by atoms with Gasteiger partial charge in [0.15, 0.2) is 0 Å². The van der Waals surface area contributed by atoms with Gasteiger partial charge >= 0.3 is 0 Å². The molecule has 1 N–H and O–H groups in total. The highest BCUT2D eigenvalue weighted by Gasteiger charge is 2.27. The maximum absolute atomic E-state index is 12.2. The fraction of sp³-hybridized carbons (Fsp3) is 0.579. The zero-order valence-electron chi connectivity index (χ0n) is 14.9. The highest BCUT2D eigenvalue weighted by molar-refractivity contribution is 5.78. The van der Waals surface area contributed by atoms with E-state index in [4.69, 9.17) is 4.52 Å². The summed E-state index contributed by atoms with van der Waals surface area (Å²) in [5, 5.41) is 7.22. The lowest BCUT2D eigenvalue weighted by atomic mass is 9.97. The number of likely N-dealkylation sites (tertiary alicyclic amines) is 1. The summed E-state index contributed by atoms with van der Waals surface area (Å²) in [5.41, 5.74) is 0.725. The maximum atomic E-state index is 12.2. The van der Waals surface area contributed by atoms with Crippen LogP contribution < -0.4 is 5.32 Å². The first kappa shape index (κ1) is 17.1. The molecule has 2 aliphatic rings. The number of hydrogen-bond donors (Lipinski definition) is 1. The fourth-order valence-electron chi connectivity index (χ4n) is 3.88. The first-order valence-electron chi connectivity index (χ1n) is 9.54. The van der Waals surface area contributed by atoms with Gasteiger partial charge in [-0.3, -0.25) is 14.7 Å². The smallest absolute Gasteiger partial charge is 0.234 e. The predicted molar refractivity (Wildman–Crippen MR) is 96.3 cm³/mol. The Balaban J connectivity index is 1.27. The second-order valence-corrected chi connectivity index (χ2v) is 7.27. The molecule has 4 rings (SSSR count). The van der Waals surface area contributed by atoms with Crippen LogP contribution in [0.15, 0.2) is 28.9 Å². The number of aromatic nitrogens is 3. The summed E-state index contributed by atoms with van der Waals surface area (Å²) in [6.07, 6.45) is 8.32. The summed E-state index contributed by atoms with van der Waals surface area (Å²) in [7, 11) is 0. The lowest BCUT2D eigenvalue weighted by Crippen LogP contribution is -2.43. The topological polar surface area (TPSA) is 84.2 Å². The van der Waals surface area contributed by atoms with Crippen LogP contribution in [-0.4, -0.2) is 51.6 Å². The summed E-state index contributed by atoms with van der Waals surface area (Å²) in [4.78, 5) is 23.2. The minimum atomic E-state index is 0.158. The van der Waals surface area contributed by atoms with Crippen LogP contribution >= 0.6 is 0 Å². The molecule has 0 radical (unpaired) electrons. The summed E-state index contributed by atoms with van der Waals surface area (Å²) in [6.45, 7) is 2.25. The van der Waals surface area contributed by atoms with Gasteiger partial charge in [0.05, 0.1) is 6.54 Å². The van der Waals surface area contributed by atoms with E-state index in [0.717, 1.165) is 44.5 Å². The molecule has 0 aromatic carbocycles. The monoisotopic (exact) mass is 355 g/mol. The molecule has 1 saturated heterocycles. The molecule has 7 nitrogen and oxygen atoms in total. The van der Waals surface area contributed by atoms with Gasteiger partial charge in [-0.2, -0.15) is 4.98 Å². The Bertz CT molecular complexity index is 719. The molecule has 0 bridgehead atoms. The van der Waals surface area contributed by atoms with E-state index >= 15 is 0 Å². The van der Waals surface area contributed by atoms with Gasteiger partial charge in [-0.15, -0.1) is 0 Å². The number of piperidine rings is 1. The van der Waals surface area contributed by atoms with Crippen molar-refractivity contribution in [2.45, 2.75) is 50.5 Å². The first-order chi connectivity index (χ1) is 12.8. The molecule has 1 aliphatic heterocycles. The van der Waals surface area contributed by atoms with E-state index in [9.17, 15) is 4.79 Å². The number of rotatable bonds is 5. The van der Waals surface area contributed by atoms with Gasteiger partial charge in [0.1, 0.15) is 5.69 Å². The number of nitrogens with one attached hydrogen (secondary N) is 1. The number of carbonyl (C=O) groups is 1. The average molecular weight is 355 g/mol. The molecule has 0 unspecified atom stereocenters. The maximum Gasteiger partial charge on any atom is 0.234 e. The van der Waals surface area contributed by atoms with Crippen molar-refractivity contribution in [1.82, 2.24) is 25.3 Å². The van der Waals surface area contributed by atoms with Crippen molar-refractivity contribution in [3.63, 3.8) is 0 Å². The second kappa shape index (κ2) is 7.95. The van der Waals surface area contributed by atoms with Gasteiger partial charge in [0.25, 0.3) is 0 Å². The van der Waals surface area contributed by atoms with Crippen molar-refractivity contribution in [3.05, 3.63) is 30.3 Å². The molecule has 1 amide bonds. The van der Waals surface area contributed by atoms with Crippen LogP contribution in [0.1, 0.15) is 50.3 Å². The van der Waals surface area contributed by atoms with Crippen LogP contribution in [0.2, 0.25) is 0 Å². The van der Waals surface area contributed by atoms with E-state index in [1.165, 1.54) is 12.8 Å². The number of carbonyl (C=O) groups excluding carboxylic acids is 1. The highest BCUT2D eigenvalue weighted by atomic mass is 16.5. The van der Waals surface area contributed by atoms with Gasteiger partial charge in [0, 0.05) is 18.2 Å². The summed E-state index contributed by atoms with van der Waals surface area (Å²) >= 11 is 0. The Morgan fingerprint density at radius 3 is 2.73 bits per heavy atom. The lowest BCUT2D eigenvalue weighted by molar-refractivity contribution is -0.123. The van der Waals surface area contributed by atoms with Crippen LogP contribution in [-0.2, 0) is 4.79 Å². The Kier molecular flexibility index (Phi) is 5.24. The van der Waals surface area contributed by atoms with Crippen molar-refractivity contribution in [2.75, 3.05) is 19.6 Å². The van der Waals surface area contributed by atoms with E-state index < -0.39 is 0 Å². The number of hydrogen-bond acceptors (Lipinski definition) is 6. The molecular weight excluding hydrogens is 330 g/mol.